The fraction of sp³-hybridized carbons (Fsp3) is 0.182. The summed E-state index contributed by atoms with van der Waals surface area (Å²) >= 11 is 0. The van der Waals surface area contributed by atoms with Gasteiger partial charge in [0.2, 0.25) is 0 Å². The van der Waals surface area contributed by atoms with E-state index in [0.29, 0.717) is 37.6 Å². The number of fused-ring (bicyclic) bond motifs is 1. The zero-order valence-electron chi connectivity index (χ0n) is 21.3. The molecule has 38 heavy (non-hydrogen) atoms. The van der Waals surface area contributed by atoms with Gasteiger partial charge in [-0.15, -0.1) is 0 Å². The van der Waals surface area contributed by atoms with Gasteiger partial charge in [0, 0.05) is 11.8 Å². The molecule has 0 unspecified atom stereocenters. The molecule has 0 amide bonds. The number of ether oxygens (including phenoxy) is 3. The van der Waals surface area contributed by atoms with Crippen molar-refractivity contribution in [3.63, 3.8) is 0 Å². The summed E-state index contributed by atoms with van der Waals surface area (Å²) in [4.78, 5) is 11.6. The average molecular weight is 507 g/mol. The van der Waals surface area contributed by atoms with Gasteiger partial charge >= 0.3 is 5.97 Å². The Morgan fingerprint density at radius 1 is 0.816 bits per heavy atom. The number of benzene rings is 4. The molecule has 0 saturated heterocycles. The first-order chi connectivity index (χ1) is 18.7. The number of furan rings is 1. The molecular weight excluding hydrogens is 476 g/mol. The fourth-order valence-electron chi connectivity index (χ4n) is 4.38. The maximum Gasteiger partial charge on any atom is 0.305 e. The van der Waals surface area contributed by atoms with Crippen LogP contribution in [0.1, 0.15) is 37.0 Å². The highest BCUT2D eigenvalue weighted by atomic mass is 16.5. The molecule has 0 N–H and O–H groups in total. The third-order valence-corrected chi connectivity index (χ3v) is 6.19. The highest BCUT2D eigenvalue weighted by Crippen LogP contribution is 2.36. The van der Waals surface area contributed by atoms with Gasteiger partial charge in [-0.1, -0.05) is 72.8 Å². The molecule has 5 rings (SSSR count). The maximum atomic E-state index is 11.6. The monoisotopic (exact) mass is 506 g/mol. The number of carbonyl (C=O) groups excluding carboxylic acids is 1. The number of para-hydroxylation sites is 1. The number of rotatable bonds is 11. The molecule has 0 bridgehead atoms. The second kappa shape index (κ2) is 12.2. The van der Waals surface area contributed by atoms with Gasteiger partial charge < -0.3 is 18.6 Å². The first-order valence-corrected chi connectivity index (χ1v) is 12.9. The third-order valence-electron chi connectivity index (χ3n) is 6.19. The van der Waals surface area contributed by atoms with Crippen LogP contribution in [0.3, 0.4) is 0 Å². The van der Waals surface area contributed by atoms with Crippen LogP contribution in [-0.4, -0.2) is 19.2 Å². The van der Waals surface area contributed by atoms with Crippen molar-refractivity contribution in [2.45, 2.75) is 25.9 Å². The molecule has 5 aromatic rings. The second-order valence-corrected chi connectivity index (χ2v) is 8.88. The fourth-order valence-corrected chi connectivity index (χ4v) is 4.38. The van der Waals surface area contributed by atoms with Crippen LogP contribution < -0.4 is 9.47 Å². The second-order valence-electron chi connectivity index (χ2n) is 8.88. The van der Waals surface area contributed by atoms with E-state index in [2.05, 4.69) is 24.3 Å². The molecule has 0 spiro atoms. The van der Waals surface area contributed by atoms with Gasteiger partial charge in [-0.3, -0.25) is 4.79 Å². The molecule has 0 atom stereocenters. The Hall–Kier alpha value is -4.51. The van der Waals surface area contributed by atoms with E-state index in [9.17, 15) is 4.79 Å². The van der Waals surface area contributed by atoms with Crippen molar-refractivity contribution in [2.75, 3.05) is 13.2 Å². The molecule has 0 saturated carbocycles. The van der Waals surface area contributed by atoms with Crippen molar-refractivity contribution in [1.29, 1.82) is 0 Å². The van der Waals surface area contributed by atoms with Crippen molar-refractivity contribution in [3.05, 3.63) is 120 Å². The molecule has 0 aliphatic rings. The quantitative estimate of drug-likeness (QED) is 0.134. The van der Waals surface area contributed by atoms with Crippen LogP contribution in [0.15, 0.2) is 114 Å². The lowest BCUT2D eigenvalue weighted by Crippen LogP contribution is -2.09. The summed E-state index contributed by atoms with van der Waals surface area (Å²) in [6, 6.07) is 36.1. The summed E-state index contributed by atoms with van der Waals surface area (Å²) in [5, 5.41) is 0.939. The Balaban J connectivity index is 1.36. The zero-order chi connectivity index (χ0) is 26.2. The minimum absolute atomic E-state index is 0.207. The normalized spacial score (nSPS) is 11.0. The van der Waals surface area contributed by atoms with Gasteiger partial charge in [-0.2, -0.15) is 0 Å². The molecule has 0 aliphatic heterocycles. The van der Waals surface area contributed by atoms with Crippen LogP contribution in [0.25, 0.3) is 22.3 Å². The van der Waals surface area contributed by atoms with Gasteiger partial charge in [-0.25, -0.2) is 0 Å². The molecule has 0 radical (unpaired) electrons. The lowest BCUT2D eigenvalue weighted by Gasteiger charge is -2.20. The number of hydrogen-bond donors (Lipinski definition) is 0. The van der Waals surface area contributed by atoms with Crippen molar-refractivity contribution in [3.8, 4) is 22.8 Å². The standard InChI is InChI=1S/C33H30O5/c1-2-35-32(34)18-11-21-36-30-17-10-9-16-28(30)31-23-26-22-27(19-20-29(26)38-31)37-33(24-12-5-3-6-13-24)25-14-7-4-8-15-25/h3-10,12-17,19-20,22-23,33H,2,11,18,21H2,1H3. The zero-order valence-corrected chi connectivity index (χ0v) is 21.3. The maximum absolute atomic E-state index is 11.6. The number of hydrogen-bond acceptors (Lipinski definition) is 5. The van der Waals surface area contributed by atoms with Crippen LogP contribution in [0.4, 0.5) is 0 Å². The van der Waals surface area contributed by atoms with Gasteiger partial charge in [0.05, 0.1) is 18.8 Å². The summed E-state index contributed by atoms with van der Waals surface area (Å²) in [6.07, 6.45) is 0.680. The smallest absolute Gasteiger partial charge is 0.305 e. The molecule has 4 aromatic carbocycles. The van der Waals surface area contributed by atoms with Crippen molar-refractivity contribution in [2.24, 2.45) is 0 Å². The SMILES string of the molecule is CCOC(=O)CCCOc1ccccc1-c1cc2cc(OC(c3ccccc3)c3ccccc3)ccc2o1. The van der Waals surface area contributed by atoms with E-state index >= 15 is 0 Å². The van der Waals surface area contributed by atoms with Crippen molar-refractivity contribution in [1.82, 2.24) is 0 Å². The molecule has 192 valence electrons. The summed E-state index contributed by atoms with van der Waals surface area (Å²) < 4.78 is 23.7. The van der Waals surface area contributed by atoms with Gasteiger partial charge in [0.15, 0.2) is 0 Å². The molecule has 1 aromatic heterocycles. The van der Waals surface area contributed by atoms with Crippen LogP contribution in [0.5, 0.6) is 11.5 Å². The van der Waals surface area contributed by atoms with E-state index < -0.39 is 0 Å². The molecule has 1 heterocycles. The number of carbonyl (C=O) groups is 1. The van der Waals surface area contributed by atoms with Crippen molar-refractivity contribution >= 4 is 16.9 Å². The van der Waals surface area contributed by atoms with Gasteiger partial charge in [0.25, 0.3) is 0 Å². The van der Waals surface area contributed by atoms with E-state index in [1.165, 1.54) is 0 Å². The molecule has 5 heteroatoms. The first kappa shape index (κ1) is 25.2. The Bertz CT molecular complexity index is 1430. The summed E-state index contributed by atoms with van der Waals surface area (Å²) in [5.74, 6) is 1.97. The minimum Gasteiger partial charge on any atom is -0.493 e. The van der Waals surface area contributed by atoms with Crippen LogP contribution >= 0.6 is 0 Å². The molecule has 0 fully saturated rings. The average Bonchev–Trinajstić information content (AvgIpc) is 3.39. The molecular formula is C33H30O5. The van der Waals surface area contributed by atoms with Crippen LogP contribution in [0, 0.1) is 0 Å². The highest BCUT2D eigenvalue weighted by Gasteiger charge is 2.17. The first-order valence-electron chi connectivity index (χ1n) is 12.9. The van der Waals surface area contributed by atoms with E-state index in [1.54, 1.807) is 6.92 Å². The Morgan fingerprint density at radius 2 is 1.50 bits per heavy atom. The summed E-state index contributed by atoms with van der Waals surface area (Å²) in [6.45, 7) is 2.60. The van der Waals surface area contributed by atoms with Crippen molar-refractivity contribution < 1.29 is 23.4 Å². The Labute approximate surface area is 222 Å². The minimum atomic E-state index is -0.232. The largest absolute Gasteiger partial charge is 0.493 e. The Morgan fingerprint density at radius 3 is 2.21 bits per heavy atom. The lowest BCUT2D eigenvalue weighted by atomic mass is 10.0. The molecule has 0 aliphatic carbocycles. The highest BCUT2D eigenvalue weighted by molar-refractivity contribution is 5.85. The summed E-state index contributed by atoms with van der Waals surface area (Å²) in [7, 11) is 0. The van der Waals surface area contributed by atoms with E-state index in [1.807, 2.05) is 84.9 Å². The van der Waals surface area contributed by atoms with Crippen LogP contribution in [-0.2, 0) is 9.53 Å². The summed E-state index contributed by atoms with van der Waals surface area (Å²) in [5.41, 5.74) is 3.79. The van der Waals surface area contributed by atoms with Gasteiger partial charge in [0.1, 0.15) is 28.9 Å². The third kappa shape index (κ3) is 6.06. The lowest BCUT2D eigenvalue weighted by molar-refractivity contribution is -0.143. The van der Waals surface area contributed by atoms with Gasteiger partial charge in [-0.05, 0) is 60.9 Å². The van der Waals surface area contributed by atoms with E-state index in [-0.39, 0.29) is 12.1 Å². The van der Waals surface area contributed by atoms with E-state index in [0.717, 1.165) is 33.4 Å². The number of esters is 1. The Kier molecular flexibility index (Phi) is 8.04. The topological polar surface area (TPSA) is 57.9 Å². The molecule has 5 nitrogen and oxygen atoms in total. The predicted molar refractivity (Wildman–Crippen MR) is 148 cm³/mol. The van der Waals surface area contributed by atoms with E-state index in [4.69, 9.17) is 18.6 Å². The predicted octanol–water partition coefficient (Wildman–Crippen LogP) is 7.99. The van der Waals surface area contributed by atoms with Crippen LogP contribution in [0.2, 0.25) is 0 Å².